The summed E-state index contributed by atoms with van der Waals surface area (Å²) in [5.41, 5.74) is 6.44. The molecular weight excluding hydrogens is 386 g/mol. The molecule has 2 N–H and O–H groups in total. The van der Waals surface area contributed by atoms with Crippen LogP contribution in [0.1, 0.15) is 19.8 Å². The van der Waals surface area contributed by atoms with Crippen molar-refractivity contribution in [3.05, 3.63) is 36.4 Å². The largest absolute Gasteiger partial charge is 0.337 e. The van der Waals surface area contributed by atoms with E-state index in [0.29, 0.717) is 30.1 Å². The Morgan fingerprint density at radius 1 is 1.22 bits per heavy atom. The molecule has 2 heterocycles. The predicted molar refractivity (Wildman–Crippen MR) is 109 cm³/mol. The Hall–Kier alpha value is -1.83. The molecule has 2 aliphatic heterocycles. The van der Waals surface area contributed by atoms with Gasteiger partial charge in [0.05, 0.1) is 10.6 Å². The van der Waals surface area contributed by atoms with Crippen LogP contribution < -0.4 is 10.0 Å². The first-order valence-corrected chi connectivity index (χ1v) is 10.4. The summed E-state index contributed by atoms with van der Waals surface area (Å²) in [5, 5.41) is 1.57. The number of nitrogens with two attached hydrogens (primary N) is 1. The third-order valence-electron chi connectivity index (χ3n) is 5.53. The average Bonchev–Trinajstić information content (AvgIpc) is 2.85. The zero-order valence-corrected chi connectivity index (χ0v) is 16.8. The average molecular weight is 410 g/mol. The van der Waals surface area contributed by atoms with Crippen molar-refractivity contribution < 1.29 is 13.2 Å². The van der Waals surface area contributed by atoms with E-state index in [9.17, 15) is 13.2 Å². The van der Waals surface area contributed by atoms with Crippen LogP contribution in [0, 0.1) is 5.92 Å². The van der Waals surface area contributed by atoms with Crippen molar-refractivity contribution in [1.82, 2.24) is 4.90 Å². The van der Waals surface area contributed by atoms with E-state index in [2.05, 4.69) is 6.92 Å². The van der Waals surface area contributed by atoms with Gasteiger partial charge >= 0.3 is 0 Å². The predicted octanol–water partition coefficient (Wildman–Crippen LogP) is 2.36. The molecule has 2 aromatic carbocycles. The Balaban J connectivity index is 0.00000210. The van der Waals surface area contributed by atoms with Gasteiger partial charge in [0, 0.05) is 24.5 Å². The Labute approximate surface area is 165 Å². The molecule has 0 spiro atoms. The SMILES string of the molecule is CC1CCN(C(=O)CN2c3cccc4cccc(c34)S2(=O)=O)C(CN)C1.Cl. The van der Waals surface area contributed by atoms with E-state index in [-0.39, 0.29) is 35.8 Å². The van der Waals surface area contributed by atoms with Crippen molar-refractivity contribution in [3.8, 4) is 0 Å². The summed E-state index contributed by atoms with van der Waals surface area (Å²) in [5.74, 6) is 0.349. The van der Waals surface area contributed by atoms with Crippen molar-refractivity contribution >= 4 is 44.8 Å². The third kappa shape index (κ3) is 3.17. The van der Waals surface area contributed by atoms with Crippen molar-refractivity contribution in [2.45, 2.75) is 30.7 Å². The maximum Gasteiger partial charge on any atom is 0.265 e. The zero-order chi connectivity index (χ0) is 18.5. The maximum atomic E-state index is 13.0. The maximum absolute atomic E-state index is 13.0. The second kappa shape index (κ2) is 7.30. The lowest BCUT2D eigenvalue weighted by Crippen LogP contribution is -2.52. The lowest BCUT2D eigenvalue weighted by atomic mass is 9.92. The van der Waals surface area contributed by atoms with Crippen LogP contribution in [-0.4, -0.2) is 44.9 Å². The van der Waals surface area contributed by atoms with Gasteiger partial charge in [-0.3, -0.25) is 9.10 Å². The van der Waals surface area contributed by atoms with Crippen LogP contribution in [0.3, 0.4) is 0 Å². The van der Waals surface area contributed by atoms with Crippen molar-refractivity contribution in [1.29, 1.82) is 0 Å². The highest BCUT2D eigenvalue weighted by atomic mass is 35.5. The number of anilines is 1. The smallest absolute Gasteiger partial charge is 0.265 e. The van der Waals surface area contributed by atoms with Gasteiger partial charge in [-0.15, -0.1) is 12.4 Å². The Bertz CT molecular complexity index is 974. The van der Waals surface area contributed by atoms with E-state index < -0.39 is 10.0 Å². The number of carbonyl (C=O) groups excluding carboxylic acids is 1. The van der Waals surface area contributed by atoms with Crippen LogP contribution in [0.15, 0.2) is 41.3 Å². The number of sulfonamides is 1. The highest BCUT2D eigenvalue weighted by Crippen LogP contribution is 2.41. The van der Waals surface area contributed by atoms with E-state index in [4.69, 9.17) is 5.73 Å². The van der Waals surface area contributed by atoms with E-state index >= 15 is 0 Å². The minimum atomic E-state index is -3.71. The topological polar surface area (TPSA) is 83.7 Å². The summed E-state index contributed by atoms with van der Waals surface area (Å²) in [6, 6.07) is 10.7. The van der Waals surface area contributed by atoms with Gasteiger partial charge in [0.25, 0.3) is 10.0 Å². The molecule has 1 fully saturated rings. The summed E-state index contributed by atoms with van der Waals surface area (Å²) < 4.78 is 27.3. The minimum Gasteiger partial charge on any atom is -0.337 e. The highest BCUT2D eigenvalue weighted by molar-refractivity contribution is 7.93. The number of hydrogen-bond acceptors (Lipinski definition) is 4. The molecule has 0 aromatic heterocycles. The van der Waals surface area contributed by atoms with Gasteiger partial charge in [0.1, 0.15) is 6.54 Å². The van der Waals surface area contributed by atoms with Gasteiger partial charge in [0.15, 0.2) is 0 Å². The quantitative estimate of drug-likeness (QED) is 0.843. The monoisotopic (exact) mass is 409 g/mol. The van der Waals surface area contributed by atoms with Gasteiger partial charge in [-0.1, -0.05) is 31.2 Å². The van der Waals surface area contributed by atoms with Gasteiger partial charge in [-0.05, 0) is 36.3 Å². The standard InChI is InChI=1S/C19H23N3O3S.ClH/c1-13-8-9-21(15(10-13)11-20)18(23)12-22-16-6-2-4-14-5-3-7-17(19(14)16)26(22,24)25;/h2-7,13,15H,8-12,20H2,1H3;1H. The van der Waals surface area contributed by atoms with Gasteiger partial charge in [-0.2, -0.15) is 0 Å². The summed E-state index contributed by atoms with van der Waals surface area (Å²) >= 11 is 0. The minimum absolute atomic E-state index is 0. The molecule has 6 nitrogen and oxygen atoms in total. The summed E-state index contributed by atoms with van der Waals surface area (Å²) in [4.78, 5) is 15.0. The van der Waals surface area contributed by atoms with Gasteiger partial charge < -0.3 is 10.6 Å². The molecule has 27 heavy (non-hydrogen) atoms. The number of likely N-dealkylation sites (tertiary alicyclic amines) is 1. The first-order chi connectivity index (χ1) is 12.4. The molecular formula is C19H24ClN3O3S. The zero-order valence-electron chi connectivity index (χ0n) is 15.2. The number of hydrogen-bond donors (Lipinski definition) is 1. The molecule has 0 bridgehead atoms. The van der Waals surface area contributed by atoms with E-state index in [0.717, 1.165) is 18.2 Å². The Morgan fingerprint density at radius 3 is 2.63 bits per heavy atom. The molecule has 0 aliphatic carbocycles. The normalized spacial score (nSPS) is 23.3. The third-order valence-corrected chi connectivity index (χ3v) is 7.33. The molecule has 2 unspecified atom stereocenters. The molecule has 4 rings (SSSR count). The summed E-state index contributed by atoms with van der Waals surface area (Å²) in [7, 11) is -3.71. The van der Waals surface area contributed by atoms with Crippen LogP contribution in [0.5, 0.6) is 0 Å². The van der Waals surface area contributed by atoms with Crippen molar-refractivity contribution in [3.63, 3.8) is 0 Å². The summed E-state index contributed by atoms with van der Waals surface area (Å²) in [6.45, 7) is 3.01. The van der Waals surface area contributed by atoms with Crippen molar-refractivity contribution in [2.24, 2.45) is 11.7 Å². The molecule has 0 saturated carbocycles. The Kier molecular flexibility index (Phi) is 5.38. The van der Waals surface area contributed by atoms with Crippen LogP contribution in [0.4, 0.5) is 5.69 Å². The second-order valence-corrected chi connectivity index (χ2v) is 9.08. The highest BCUT2D eigenvalue weighted by Gasteiger charge is 2.38. The number of carbonyl (C=O) groups is 1. The molecule has 1 saturated heterocycles. The molecule has 2 aliphatic rings. The molecule has 0 radical (unpaired) electrons. The molecule has 1 amide bonds. The van der Waals surface area contributed by atoms with Crippen LogP contribution in [0.25, 0.3) is 10.8 Å². The first kappa shape index (κ1) is 19.9. The second-order valence-electron chi connectivity index (χ2n) is 7.25. The van der Waals surface area contributed by atoms with Gasteiger partial charge in [0.2, 0.25) is 5.91 Å². The number of nitrogens with zero attached hydrogens (tertiary/aromatic N) is 2. The number of rotatable bonds is 3. The van der Waals surface area contributed by atoms with E-state index in [1.54, 1.807) is 23.1 Å². The molecule has 2 aromatic rings. The van der Waals surface area contributed by atoms with Crippen LogP contribution >= 0.6 is 12.4 Å². The van der Waals surface area contributed by atoms with E-state index in [1.807, 2.05) is 18.2 Å². The van der Waals surface area contributed by atoms with Crippen molar-refractivity contribution in [2.75, 3.05) is 23.9 Å². The number of piperidine rings is 1. The fourth-order valence-corrected chi connectivity index (χ4v) is 5.81. The van der Waals surface area contributed by atoms with Crippen LogP contribution in [0.2, 0.25) is 0 Å². The van der Waals surface area contributed by atoms with Gasteiger partial charge in [-0.25, -0.2) is 8.42 Å². The number of halogens is 1. The molecule has 8 heteroatoms. The Morgan fingerprint density at radius 2 is 1.93 bits per heavy atom. The fourth-order valence-electron chi connectivity index (χ4n) is 4.15. The van der Waals surface area contributed by atoms with Crippen LogP contribution in [-0.2, 0) is 14.8 Å². The number of amides is 1. The van der Waals surface area contributed by atoms with E-state index in [1.165, 1.54) is 4.31 Å². The summed E-state index contributed by atoms with van der Waals surface area (Å²) in [6.07, 6.45) is 1.79. The fraction of sp³-hybridized carbons (Fsp3) is 0.421. The lowest BCUT2D eigenvalue weighted by Gasteiger charge is -2.38. The molecule has 146 valence electrons. The number of benzene rings is 2. The molecule has 2 atom stereocenters. The lowest BCUT2D eigenvalue weighted by molar-refractivity contribution is -0.133. The first-order valence-electron chi connectivity index (χ1n) is 8.97.